The van der Waals surface area contributed by atoms with Gasteiger partial charge in [-0.1, -0.05) is 37.1 Å². The van der Waals surface area contributed by atoms with Crippen molar-refractivity contribution in [2.45, 2.75) is 46.1 Å². The van der Waals surface area contributed by atoms with Gasteiger partial charge in [0.15, 0.2) is 5.76 Å². The summed E-state index contributed by atoms with van der Waals surface area (Å²) in [6.07, 6.45) is 6.67. The van der Waals surface area contributed by atoms with Crippen molar-refractivity contribution in [2.75, 3.05) is 13.1 Å². The lowest BCUT2D eigenvalue weighted by atomic mass is 9.98. The molecular weight excluding hydrogens is 350 g/mol. The monoisotopic (exact) mass is 377 g/mol. The minimum absolute atomic E-state index is 0.104. The maximum Gasteiger partial charge on any atom is 0.232 e. The first-order valence-electron chi connectivity index (χ1n) is 10.1. The number of benzene rings is 2. The Hall–Kier alpha value is -2.59. The fraction of sp³-hybridized carbons (Fsp3) is 0.375. The summed E-state index contributed by atoms with van der Waals surface area (Å²) >= 11 is 0. The van der Waals surface area contributed by atoms with Crippen molar-refractivity contribution in [1.82, 2.24) is 4.90 Å². The fourth-order valence-electron chi connectivity index (χ4n) is 4.14. The number of fused-ring (bicyclic) bond motifs is 1. The number of carbonyl (C=O) groups is 1. The summed E-state index contributed by atoms with van der Waals surface area (Å²) in [6.45, 7) is 6.51. The first kappa shape index (κ1) is 18.8. The lowest BCUT2D eigenvalue weighted by Crippen LogP contribution is -2.24. The molecule has 0 unspecified atom stereocenters. The summed E-state index contributed by atoms with van der Waals surface area (Å²) in [7, 11) is 0. The van der Waals surface area contributed by atoms with Gasteiger partial charge in [0, 0.05) is 6.54 Å². The normalized spacial score (nSPS) is 18.8. The molecule has 4 heteroatoms. The van der Waals surface area contributed by atoms with Gasteiger partial charge in [0.25, 0.3) is 0 Å². The Kier molecular flexibility index (Phi) is 5.23. The highest BCUT2D eigenvalue weighted by molar-refractivity contribution is 6.15. The first-order valence-corrected chi connectivity index (χ1v) is 10.1. The van der Waals surface area contributed by atoms with Crippen LogP contribution < -0.4 is 4.74 Å². The largest absolute Gasteiger partial charge is 0.507 e. The van der Waals surface area contributed by atoms with Gasteiger partial charge < -0.3 is 9.84 Å². The second-order valence-corrected chi connectivity index (χ2v) is 7.88. The van der Waals surface area contributed by atoms with Gasteiger partial charge >= 0.3 is 0 Å². The number of ether oxygens (including phenoxy) is 1. The van der Waals surface area contributed by atoms with Crippen LogP contribution in [0.4, 0.5) is 0 Å². The molecule has 28 heavy (non-hydrogen) atoms. The van der Waals surface area contributed by atoms with E-state index >= 15 is 0 Å². The average Bonchev–Trinajstić information content (AvgIpc) is 2.83. The molecule has 2 aliphatic heterocycles. The minimum Gasteiger partial charge on any atom is -0.507 e. The molecule has 0 atom stereocenters. The van der Waals surface area contributed by atoms with Crippen molar-refractivity contribution in [1.29, 1.82) is 0 Å². The Bertz CT molecular complexity index is 937. The predicted molar refractivity (Wildman–Crippen MR) is 111 cm³/mol. The molecule has 1 fully saturated rings. The molecule has 0 aromatic heterocycles. The van der Waals surface area contributed by atoms with Gasteiger partial charge in [-0.05, 0) is 68.6 Å². The van der Waals surface area contributed by atoms with E-state index in [4.69, 9.17) is 4.74 Å². The number of aromatic hydroxyl groups is 1. The van der Waals surface area contributed by atoms with E-state index in [0.29, 0.717) is 23.6 Å². The highest BCUT2D eigenvalue weighted by Crippen LogP contribution is 2.42. The van der Waals surface area contributed by atoms with Crippen LogP contribution in [0.3, 0.4) is 0 Å². The van der Waals surface area contributed by atoms with Crippen molar-refractivity contribution in [3.05, 3.63) is 63.9 Å². The molecule has 146 valence electrons. The highest BCUT2D eigenvalue weighted by Gasteiger charge is 2.33. The molecule has 0 saturated carbocycles. The molecule has 0 aliphatic carbocycles. The van der Waals surface area contributed by atoms with E-state index in [9.17, 15) is 9.90 Å². The molecular formula is C24H27NO3. The summed E-state index contributed by atoms with van der Waals surface area (Å²) in [5, 5.41) is 10.6. The van der Waals surface area contributed by atoms with Crippen molar-refractivity contribution >= 4 is 11.9 Å². The van der Waals surface area contributed by atoms with E-state index in [1.165, 1.54) is 25.7 Å². The van der Waals surface area contributed by atoms with Gasteiger partial charge in [0.2, 0.25) is 5.78 Å². The molecule has 2 aliphatic rings. The fourth-order valence-corrected chi connectivity index (χ4v) is 4.14. The Morgan fingerprint density at radius 1 is 1.07 bits per heavy atom. The van der Waals surface area contributed by atoms with Crippen LogP contribution >= 0.6 is 0 Å². The number of rotatable bonds is 3. The number of ketones is 1. The van der Waals surface area contributed by atoms with Gasteiger partial charge in [0.05, 0.1) is 11.1 Å². The third-order valence-corrected chi connectivity index (χ3v) is 5.78. The number of hydrogen-bond acceptors (Lipinski definition) is 4. The number of allylic oxidation sites excluding steroid dienone is 1. The zero-order chi connectivity index (χ0) is 19.7. The molecule has 0 amide bonds. The van der Waals surface area contributed by atoms with E-state index in [1.54, 1.807) is 6.07 Å². The van der Waals surface area contributed by atoms with Crippen LogP contribution in [0.5, 0.6) is 11.5 Å². The zero-order valence-corrected chi connectivity index (χ0v) is 16.6. The number of phenolic OH excluding ortho intramolecular Hbond substituents is 1. The number of hydrogen-bond donors (Lipinski definition) is 1. The van der Waals surface area contributed by atoms with E-state index in [2.05, 4.69) is 4.90 Å². The highest BCUT2D eigenvalue weighted by atomic mass is 16.5. The van der Waals surface area contributed by atoms with Crippen molar-refractivity contribution in [3.8, 4) is 11.5 Å². The SMILES string of the molecule is Cc1ccccc1/C=C1\Oc2c(CN3CCCCCC3)c(O)cc(C)c2C1=O. The standard InChI is InChI=1S/C24H27NO3/c1-16-9-5-6-10-18(16)14-21-23(27)22-17(2)13-20(26)19(24(22)28-21)15-25-11-7-3-4-8-12-25/h5-6,9-10,13-14,26H,3-4,7-8,11-12,15H2,1-2H3/b21-14-. The van der Waals surface area contributed by atoms with Crippen LogP contribution in [0.1, 0.15) is 58.3 Å². The van der Waals surface area contributed by atoms with E-state index in [0.717, 1.165) is 35.3 Å². The maximum atomic E-state index is 13.1. The third kappa shape index (κ3) is 3.57. The molecule has 1 N–H and O–H groups in total. The molecule has 4 rings (SSSR count). The second-order valence-electron chi connectivity index (χ2n) is 7.88. The lowest BCUT2D eigenvalue weighted by Gasteiger charge is -2.22. The summed E-state index contributed by atoms with van der Waals surface area (Å²) < 4.78 is 6.07. The van der Waals surface area contributed by atoms with Crippen molar-refractivity contribution in [2.24, 2.45) is 0 Å². The van der Waals surface area contributed by atoms with Crippen LogP contribution in [0, 0.1) is 13.8 Å². The molecule has 2 aromatic rings. The van der Waals surface area contributed by atoms with Crippen molar-refractivity contribution < 1.29 is 14.6 Å². The molecule has 0 spiro atoms. The molecule has 2 heterocycles. The van der Waals surface area contributed by atoms with E-state index < -0.39 is 0 Å². The van der Waals surface area contributed by atoms with Crippen LogP contribution in [-0.2, 0) is 6.54 Å². The molecule has 1 saturated heterocycles. The van der Waals surface area contributed by atoms with Gasteiger partial charge in [0.1, 0.15) is 11.5 Å². The van der Waals surface area contributed by atoms with E-state index in [1.807, 2.05) is 44.2 Å². The molecule has 0 bridgehead atoms. The number of aryl methyl sites for hydroxylation is 2. The first-order chi connectivity index (χ1) is 13.5. The summed E-state index contributed by atoms with van der Waals surface area (Å²) in [5.41, 5.74) is 4.12. The Morgan fingerprint density at radius 3 is 2.50 bits per heavy atom. The number of Topliss-reactive ketones (excluding diaryl/α,β-unsaturated/α-hetero) is 1. The third-order valence-electron chi connectivity index (χ3n) is 5.78. The smallest absolute Gasteiger partial charge is 0.232 e. The molecule has 2 aromatic carbocycles. The summed E-state index contributed by atoms with van der Waals surface area (Å²) in [4.78, 5) is 15.4. The Morgan fingerprint density at radius 2 is 1.79 bits per heavy atom. The summed E-state index contributed by atoms with van der Waals surface area (Å²) in [6, 6.07) is 9.62. The van der Waals surface area contributed by atoms with Gasteiger partial charge in [-0.2, -0.15) is 0 Å². The molecule has 0 radical (unpaired) electrons. The zero-order valence-electron chi connectivity index (χ0n) is 16.6. The summed E-state index contributed by atoms with van der Waals surface area (Å²) in [5.74, 6) is 0.972. The number of phenols is 1. The number of carbonyl (C=O) groups excluding carboxylic acids is 1. The lowest BCUT2D eigenvalue weighted by molar-refractivity contribution is 0.101. The number of nitrogens with zero attached hydrogens (tertiary/aromatic N) is 1. The van der Waals surface area contributed by atoms with Crippen LogP contribution in [0.2, 0.25) is 0 Å². The Balaban J connectivity index is 1.70. The van der Waals surface area contributed by atoms with Gasteiger partial charge in [-0.15, -0.1) is 0 Å². The van der Waals surface area contributed by atoms with Crippen LogP contribution in [0.25, 0.3) is 6.08 Å². The topological polar surface area (TPSA) is 49.8 Å². The van der Waals surface area contributed by atoms with Gasteiger partial charge in [-0.3, -0.25) is 9.69 Å². The number of likely N-dealkylation sites (tertiary alicyclic amines) is 1. The quantitative estimate of drug-likeness (QED) is 0.765. The second kappa shape index (κ2) is 7.80. The average molecular weight is 377 g/mol. The van der Waals surface area contributed by atoms with Crippen molar-refractivity contribution in [3.63, 3.8) is 0 Å². The minimum atomic E-state index is -0.104. The van der Waals surface area contributed by atoms with E-state index in [-0.39, 0.29) is 11.5 Å². The van der Waals surface area contributed by atoms with Crippen LogP contribution in [0.15, 0.2) is 36.1 Å². The molecule has 4 nitrogen and oxygen atoms in total. The Labute approximate surface area is 166 Å². The van der Waals surface area contributed by atoms with Crippen LogP contribution in [-0.4, -0.2) is 28.9 Å². The predicted octanol–water partition coefficient (Wildman–Crippen LogP) is 5.00. The maximum absolute atomic E-state index is 13.1. The van der Waals surface area contributed by atoms with Gasteiger partial charge in [-0.25, -0.2) is 0 Å².